The lowest BCUT2D eigenvalue weighted by molar-refractivity contribution is -0.896. The molecule has 0 aromatic carbocycles. The van der Waals surface area contributed by atoms with Crippen molar-refractivity contribution in [3.05, 3.63) is 0 Å². The number of hydrogen-bond acceptors (Lipinski definition) is 0. The molecule has 0 saturated carbocycles. The predicted octanol–water partition coefficient (Wildman–Crippen LogP) is 13.6. The quantitative estimate of drug-likeness (QED) is 0.0563. The van der Waals surface area contributed by atoms with E-state index in [1.54, 1.807) is 0 Å². The summed E-state index contributed by atoms with van der Waals surface area (Å²) >= 11 is 0. The van der Waals surface area contributed by atoms with Crippen molar-refractivity contribution < 1.29 is 4.48 Å². The van der Waals surface area contributed by atoms with E-state index in [1.165, 1.54) is 205 Å². The van der Waals surface area contributed by atoms with Crippen molar-refractivity contribution >= 4 is 0 Å². The Morgan fingerprint density at radius 2 is 0.462 bits per heavy atom. The SMILES string of the molecule is CCCCCCCCCCCCCCCCCCC(CCCCCCCCCCCCCCCC)[N+](C)(C)C. The van der Waals surface area contributed by atoms with Gasteiger partial charge in [-0.1, -0.05) is 194 Å². The standard InChI is InChI=1S/C38H80N/c1-6-8-10-12-14-16-18-20-22-23-25-27-29-31-33-35-37-38(39(3,4)5)36-34-32-30-28-26-24-21-19-17-15-13-11-9-7-2/h38H,6-37H2,1-5H3/q+1. The topological polar surface area (TPSA) is 0 Å². The van der Waals surface area contributed by atoms with E-state index < -0.39 is 0 Å². The maximum absolute atomic E-state index is 2.43. The van der Waals surface area contributed by atoms with Gasteiger partial charge in [-0.25, -0.2) is 0 Å². The maximum Gasteiger partial charge on any atom is 0.0884 e. The first-order chi connectivity index (χ1) is 19.0. The van der Waals surface area contributed by atoms with Gasteiger partial charge in [0.1, 0.15) is 0 Å². The smallest absolute Gasteiger partial charge is 0.0884 e. The van der Waals surface area contributed by atoms with Crippen LogP contribution in [-0.2, 0) is 0 Å². The average Bonchev–Trinajstić information content (AvgIpc) is 2.91. The molecule has 0 rings (SSSR count). The third-order valence-electron chi connectivity index (χ3n) is 9.38. The lowest BCUT2D eigenvalue weighted by Crippen LogP contribution is -2.45. The van der Waals surface area contributed by atoms with E-state index >= 15 is 0 Å². The molecule has 0 heterocycles. The van der Waals surface area contributed by atoms with Crippen LogP contribution in [0.5, 0.6) is 0 Å². The third kappa shape index (κ3) is 30.7. The molecule has 0 aliphatic carbocycles. The van der Waals surface area contributed by atoms with Crippen molar-refractivity contribution in [3.8, 4) is 0 Å². The van der Waals surface area contributed by atoms with Gasteiger partial charge in [0.25, 0.3) is 0 Å². The molecule has 0 aliphatic rings. The summed E-state index contributed by atoms with van der Waals surface area (Å²) in [7, 11) is 7.29. The first-order valence-corrected chi connectivity index (χ1v) is 18.8. The summed E-state index contributed by atoms with van der Waals surface area (Å²) in [5, 5.41) is 0. The minimum atomic E-state index is 0.869. The Balaban J connectivity index is 3.50. The van der Waals surface area contributed by atoms with Crippen molar-refractivity contribution in [2.24, 2.45) is 0 Å². The second-order valence-electron chi connectivity index (χ2n) is 14.2. The highest BCUT2D eigenvalue weighted by molar-refractivity contribution is 4.61. The Morgan fingerprint density at radius 1 is 0.282 bits per heavy atom. The molecule has 0 amide bonds. The van der Waals surface area contributed by atoms with Crippen LogP contribution in [0.15, 0.2) is 0 Å². The highest BCUT2D eigenvalue weighted by Crippen LogP contribution is 2.21. The van der Waals surface area contributed by atoms with Crippen LogP contribution >= 0.6 is 0 Å². The van der Waals surface area contributed by atoms with E-state index in [0.717, 1.165) is 10.5 Å². The van der Waals surface area contributed by atoms with Crippen molar-refractivity contribution in [1.29, 1.82) is 0 Å². The van der Waals surface area contributed by atoms with Crippen LogP contribution < -0.4 is 0 Å². The molecule has 0 fully saturated rings. The van der Waals surface area contributed by atoms with E-state index in [9.17, 15) is 0 Å². The predicted molar refractivity (Wildman–Crippen MR) is 181 cm³/mol. The van der Waals surface area contributed by atoms with Crippen molar-refractivity contribution in [2.75, 3.05) is 21.1 Å². The lowest BCUT2D eigenvalue weighted by Gasteiger charge is -2.34. The maximum atomic E-state index is 2.43. The Hall–Kier alpha value is -0.0400. The fraction of sp³-hybridized carbons (Fsp3) is 1.00. The van der Waals surface area contributed by atoms with Crippen molar-refractivity contribution in [1.82, 2.24) is 0 Å². The third-order valence-corrected chi connectivity index (χ3v) is 9.38. The van der Waals surface area contributed by atoms with Gasteiger partial charge >= 0.3 is 0 Å². The molecule has 0 N–H and O–H groups in total. The number of nitrogens with zero attached hydrogens (tertiary/aromatic N) is 1. The van der Waals surface area contributed by atoms with Gasteiger partial charge in [0.05, 0.1) is 27.2 Å². The number of hydrogen-bond donors (Lipinski definition) is 0. The summed E-state index contributed by atoms with van der Waals surface area (Å²) in [5.74, 6) is 0. The Morgan fingerprint density at radius 3 is 0.641 bits per heavy atom. The zero-order valence-corrected chi connectivity index (χ0v) is 28.7. The molecule has 39 heavy (non-hydrogen) atoms. The molecule has 1 atom stereocenters. The van der Waals surface area contributed by atoms with Gasteiger partial charge in [-0.2, -0.15) is 0 Å². The number of unbranched alkanes of at least 4 members (excludes halogenated alkanes) is 28. The van der Waals surface area contributed by atoms with Gasteiger partial charge < -0.3 is 4.48 Å². The number of rotatable bonds is 33. The molecule has 0 aliphatic heterocycles. The van der Waals surface area contributed by atoms with Gasteiger partial charge in [-0.15, -0.1) is 0 Å². The first-order valence-electron chi connectivity index (χ1n) is 18.8. The minimum Gasteiger partial charge on any atom is -0.328 e. The van der Waals surface area contributed by atoms with Gasteiger partial charge in [0, 0.05) is 0 Å². The normalized spacial score (nSPS) is 12.8. The molecule has 236 valence electrons. The Bertz CT molecular complexity index is 437. The Labute approximate surface area is 250 Å². The van der Waals surface area contributed by atoms with Crippen LogP contribution in [0.1, 0.15) is 219 Å². The first kappa shape index (κ1) is 39.0. The van der Waals surface area contributed by atoms with Gasteiger partial charge in [0.15, 0.2) is 0 Å². The van der Waals surface area contributed by atoms with Crippen molar-refractivity contribution in [3.63, 3.8) is 0 Å². The van der Waals surface area contributed by atoms with E-state index in [2.05, 4.69) is 35.0 Å². The Kier molecular flexibility index (Phi) is 30.9. The van der Waals surface area contributed by atoms with E-state index in [1.807, 2.05) is 0 Å². The van der Waals surface area contributed by atoms with E-state index in [4.69, 9.17) is 0 Å². The van der Waals surface area contributed by atoms with E-state index in [-0.39, 0.29) is 0 Å². The lowest BCUT2D eigenvalue weighted by atomic mass is 9.97. The molecule has 0 saturated heterocycles. The van der Waals surface area contributed by atoms with Gasteiger partial charge in [0.2, 0.25) is 0 Å². The zero-order chi connectivity index (χ0) is 28.7. The monoisotopic (exact) mass is 551 g/mol. The highest BCUT2D eigenvalue weighted by atomic mass is 15.3. The zero-order valence-electron chi connectivity index (χ0n) is 28.7. The van der Waals surface area contributed by atoms with Gasteiger partial charge in [-0.05, 0) is 25.7 Å². The van der Waals surface area contributed by atoms with Crippen LogP contribution in [0.4, 0.5) is 0 Å². The summed E-state index contributed by atoms with van der Waals surface area (Å²) in [4.78, 5) is 0. The van der Waals surface area contributed by atoms with Crippen LogP contribution in [0, 0.1) is 0 Å². The minimum absolute atomic E-state index is 0.869. The largest absolute Gasteiger partial charge is 0.328 e. The van der Waals surface area contributed by atoms with Crippen LogP contribution in [0.2, 0.25) is 0 Å². The highest BCUT2D eigenvalue weighted by Gasteiger charge is 2.22. The van der Waals surface area contributed by atoms with E-state index in [0.29, 0.717) is 0 Å². The molecule has 1 heteroatoms. The number of quaternary nitrogens is 1. The van der Waals surface area contributed by atoms with Crippen LogP contribution in [0.25, 0.3) is 0 Å². The molecule has 0 aromatic heterocycles. The molecule has 0 aromatic rings. The summed E-state index contributed by atoms with van der Waals surface area (Å²) in [6.45, 7) is 4.62. The molecular weight excluding hydrogens is 470 g/mol. The molecular formula is C38H80N+. The molecule has 0 radical (unpaired) electrons. The molecule has 0 spiro atoms. The summed E-state index contributed by atoms with van der Waals surface area (Å²) < 4.78 is 1.16. The fourth-order valence-electron chi connectivity index (χ4n) is 6.42. The second-order valence-corrected chi connectivity index (χ2v) is 14.2. The average molecular weight is 551 g/mol. The molecule has 1 unspecified atom stereocenters. The fourth-order valence-corrected chi connectivity index (χ4v) is 6.42. The van der Waals surface area contributed by atoms with Crippen LogP contribution in [-0.4, -0.2) is 31.7 Å². The summed E-state index contributed by atoms with van der Waals surface area (Å²) in [5.41, 5.74) is 0. The summed E-state index contributed by atoms with van der Waals surface area (Å²) in [6.07, 6.45) is 46.9. The van der Waals surface area contributed by atoms with Crippen molar-refractivity contribution in [2.45, 2.75) is 225 Å². The summed E-state index contributed by atoms with van der Waals surface area (Å²) in [6, 6.07) is 0.869. The second kappa shape index (κ2) is 30.9. The molecule has 1 nitrogen and oxygen atoms in total. The van der Waals surface area contributed by atoms with Gasteiger partial charge in [-0.3, -0.25) is 0 Å². The molecule has 0 bridgehead atoms. The van der Waals surface area contributed by atoms with Crippen LogP contribution in [0.3, 0.4) is 0 Å².